The van der Waals surface area contributed by atoms with Gasteiger partial charge in [0.25, 0.3) is 0 Å². The van der Waals surface area contributed by atoms with Crippen LogP contribution < -0.4 is 4.90 Å². The van der Waals surface area contributed by atoms with Gasteiger partial charge in [0.15, 0.2) is 0 Å². The van der Waals surface area contributed by atoms with Gasteiger partial charge in [-0.15, -0.1) is 0 Å². The maximum atomic E-state index is 13.8. The summed E-state index contributed by atoms with van der Waals surface area (Å²) < 4.78 is 27.3. The maximum absolute atomic E-state index is 13.8. The number of halogens is 2. The Labute approximate surface area is 112 Å². The maximum Gasteiger partial charge on any atom is 0.135 e. The van der Waals surface area contributed by atoms with E-state index in [-0.39, 0.29) is 0 Å². The van der Waals surface area contributed by atoms with E-state index in [2.05, 4.69) is 11.8 Å². The molecule has 3 heteroatoms. The summed E-state index contributed by atoms with van der Waals surface area (Å²) in [6, 6.07) is 2.86. The number of rotatable bonds is 1. The van der Waals surface area contributed by atoms with Crippen LogP contribution in [0.2, 0.25) is 0 Å². The van der Waals surface area contributed by atoms with Gasteiger partial charge in [-0.05, 0) is 37.7 Å². The Bertz CT molecular complexity index is 502. The summed E-state index contributed by atoms with van der Waals surface area (Å²) in [5.74, 6) is -0.166. The van der Waals surface area contributed by atoms with E-state index in [9.17, 15) is 8.78 Å². The van der Waals surface area contributed by atoms with Gasteiger partial charge in [0.05, 0.1) is 5.69 Å². The van der Waals surface area contributed by atoms with E-state index in [1.807, 2.05) is 6.08 Å². The lowest BCUT2D eigenvalue weighted by molar-refractivity contribution is 0.337. The van der Waals surface area contributed by atoms with Crippen LogP contribution in [0.3, 0.4) is 0 Å². The summed E-state index contributed by atoms with van der Waals surface area (Å²) in [5, 5.41) is 0. The van der Waals surface area contributed by atoms with Crippen LogP contribution in [-0.2, 0) is 0 Å². The van der Waals surface area contributed by atoms with Crippen LogP contribution in [0.1, 0.15) is 38.2 Å². The van der Waals surface area contributed by atoms with Crippen LogP contribution in [0, 0.1) is 17.6 Å². The number of hydrogen-bond donors (Lipinski definition) is 0. The van der Waals surface area contributed by atoms with Crippen LogP contribution in [0.4, 0.5) is 14.5 Å². The molecule has 0 aromatic heterocycles. The molecule has 1 aromatic carbocycles. The number of benzene rings is 1. The Kier molecular flexibility index (Phi) is 3.29. The van der Waals surface area contributed by atoms with Crippen LogP contribution in [-0.4, -0.2) is 12.6 Å². The fraction of sp³-hybridized carbons (Fsp3) is 0.500. The molecule has 1 saturated carbocycles. The van der Waals surface area contributed by atoms with Gasteiger partial charge in [-0.1, -0.05) is 19.1 Å². The molecule has 1 heterocycles. The molecule has 0 amide bonds. The van der Waals surface area contributed by atoms with Crippen LogP contribution >= 0.6 is 0 Å². The molecular weight excluding hydrogens is 244 g/mol. The van der Waals surface area contributed by atoms with Gasteiger partial charge in [-0.2, -0.15) is 0 Å². The van der Waals surface area contributed by atoms with Crippen molar-refractivity contribution < 1.29 is 8.78 Å². The molecule has 0 atom stereocenters. The standard InChI is InChI=1S/C16H19F2N/c1-11-4-6-13(7-5-11)19-8-2-3-14-15(18)9-12(17)10-16(14)19/h2-3,9-11,13H,4-8H2,1H3. The summed E-state index contributed by atoms with van der Waals surface area (Å²) >= 11 is 0. The summed E-state index contributed by atoms with van der Waals surface area (Å²) in [7, 11) is 0. The Morgan fingerprint density at radius 2 is 1.84 bits per heavy atom. The minimum absolute atomic E-state index is 0.418. The van der Waals surface area contributed by atoms with Crippen molar-refractivity contribution in [2.75, 3.05) is 11.4 Å². The number of fused-ring (bicyclic) bond motifs is 1. The molecule has 1 nitrogen and oxygen atoms in total. The highest BCUT2D eigenvalue weighted by Crippen LogP contribution is 2.35. The highest BCUT2D eigenvalue weighted by molar-refractivity contribution is 5.72. The quantitative estimate of drug-likeness (QED) is 0.727. The highest BCUT2D eigenvalue weighted by Gasteiger charge is 2.27. The molecule has 2 aliphatic rings. The van der Waals surface area contributed by atoms with Crippen LogP contribution in [0.15, 0.2) is 18.2 Å². The number of nitrogens with zero attached hydrogens (tertiary/aromatic N) is 1. The third-order valence-electron chi connectivity index (χ3n) is 4.39. The second kappa shape index (κ2) is 4.95. The summed E-state index contributed by atoms with van der Waals surface area (Å²) in [4.78, 5) is 2.17. The summed E-state index contributed by atoms with van der Waals surface area (Å²) in [6.07, 6.45) is 8.39. The molecule has 0 radical (unpaired) electrons. The van der Waals surface area contributed by atoms with Gasteiger partial charge < -0.3 is 4.90 Å². The Balaban J connectivity index is 1.92. The van der Waals surface area contributed by atoms with Gasteiger partial charge in [-0.3, -0.25) is 0 Å². The van der Waals surface area contributed by atoms with E-state index in [4.69, 9.17) is 0 Å². The first-order chi connectivity index (χ1) is 9.15. The van der Waals surface area contributed by atoms with E-state index < -0.39 is 11.6 Å². The third-order valence-corrected chi connectivity index (χ3v) is 4.39. The van der Waals surface area contributed by atoms with Gasteiger partial charge in [0.2, 0.25) is 0 Å². The van der Waals surface area contributed by atoms with Crippen molar-refractivity contribution in [3.05, 3.63) is 35.4 Å². The average molecular weight is 263 g/mol. The monoisotopic (exact) mass is 263 g/mol. The van der Waals surface area contributed by atoms with Crippen molar-refractivity contribution in [1.82, 2.24) is 0 Å². The number of anilines is 1. The fourth-order valence-corrected chi connectivity index (χ4v) is 3.26. The first-order valence-corrected chi connectivity index (χ1v) is 7.07. The molecule has 1 aromatic rings. The van der Waals surface area contributed by atoms with E-state index in [0.717, 1.165) is 37.1 Å². The molecule has 0 spiro atoms. The summed E-state index contributed by atoms with van der Waals surface area (Å²) in [5.41, 5.74) is 1.26. The number of hydrogen-bond acceptors (Lipinski definition) is 1. The SMILES string of the molecule is CC1CCC(N2CC=Cc3c(F)cc(F)cc32)CC1. The predicted molar refractivity (Wildman–Crippen MR) is 74.2 cm³/mol. The van der Waals surface area contributed by atoms with E-state index >= 15 is 0 Å². The molecule has 1 aliphatic heterocycles. The molecule has 3 rings (SSSR count). The molecular formula is C16H19F2N. The van der Waals surface area contributed by atoms with Crippen molar-refractivity contribution in [1.29, 1.82) is 0 Å². The molecule has 102 valence electrons. The second-order valence-electron chi connectivity index (χ2n) is 5.79. The lowest BCUT2D eigenvalue weighted by atomic mass is 9.86. The molecule has 0 N–H and O–H groups in total. The normalized spacial score (nSPS) is 26.4. The smallest absolute Gasteiger partial charge is 0.135 e. The average Bonchev–Trinajstić information content (AvgIpc) is 2.39. The van der Waals surface area contributed by atoms with Crippen LogP contribution in [0.5, 0.6) is 0 Å². The third kappa shape index (κ3) is 2.38. The minimum Gasteiger partial charge on any atom is -0.364 e. The largest absolute Gasteiger partial charge is 0.364 e. The first kappa shape index (κ1) is 12.6. The predicted octanol–water partition coefficient (Wildman–Crippen LogP) is 4.38. The zero-order chi connectivity index (χ0) is 13.4. The topological polar surface area (TPSA) is 3.24 Å². The lowest BCUT2D eigenvalue weighted by Crippen LogP contribution is -2.39. The highest BCUT2D eigenvalue weighted by atomic mass is 19.1. The lowest BCUT2D eigenvalue weighted by Gasteiger charge is -2.39. The minimum atomic E-state index is -0.485. The molecule has 19 heavy (non-hydrogen) atoms. The van der Waals surface area contributed by atoms with Crippen molar-refractivity contribution >= 4 is 11.8 Å². The Hall–Kier alpha value is -1.38. The first-order valence-electron chi connectivity index (χ1n) is 7.07. The zero-order valence-corrected chi connectivity index (χ0v) is 11.2. The summed E-state index contributed by atoms with van der Waals surface area (Å²) in [6.45, 7) is 3.04. The van der Waals surface area contributed by atoms with Crippen molar-refractivity contribution in [3.63, 3.8) is 0 Å². The molecule has 1 fully saturated rings. The Morgan fingerprint density at radius 1 is 1.11 bits per heavy atom. The van der Waals surface area contributed by atoms with E-state index in [1.54, 1.807) is 6.08 Å². The van der Waals surface area contributed by atoms with Crippen molar-refractivity contribution in [3.8, 4) is 0 Å². The molecule has 0 bridgehead atoms. The van der Waals surface area contributed by atoms with E-state index in [1.165, 1.54) is 18.9 Å². The van der Waals surface area contributed by atoms with Gasteiger partial charge in [-0.25, -0.2) is 8.78 Å². The molecule has 1 aliphatic carbocycles. The van der Waals surface area contributed by atoms with Gasteiger partial charge in [0, 0.05) is 24.2 Å². The van der Waals surface area contributed by atoms with Crippen molar-refractivity contribution in [2.45, 2.75) is 38.6 Å². The Morgan fingerprint density at radius 3 is 2.58 bits per heavy atom. The van der Waals surface area contributed by atoms with Crippen LogP contribution in [0.25, 0.3) is 6.08 Å². The zero-order valence-electron chi connectivity index (χ0n) is 11.2. The molecule has 0 saturated heterocycles. The van der Waals surface area contributed by atoms with Gasteiger partial charge >= 0.3 is 0 Å². The second-order valence-corrected chi connectivity index (χ2v) is 5.79. The fourth-order valence-electron chi connectivity index (χ4n) is 3.26. The van der Waals surface area contributed by atoms with Crippen molar-refractivity contribution in [2.24, 2.45) is 5.92 Å². The molecule has 0 unspecified atom stereocenters. The van der Waals surface area contributed by atoms with E-state index in [0.29, 0.717) is 11.6 Å². The van der Waals surface area contributed by atoms with Gasteiger partial charge in [0.1, 0.15) is 11.6 Å².